The molecule has 0 unspecified atom stereocenters. The van der Waals surface area contributed by atoms with Gasteiger partial charge in [0, 0.05) is 11.0 Å². The number of aliphatic hydroxyl groups is 1. The molecule has 2 rings (SSSR count). The van der Waals surface area contributed by atoms with Crippen molar-refractivity contribution in [1.82, 2.24) is 9.78 Å². The Bertz CT molecular complexity index is 585. The molecule has 0 radical (unpaired) electrons. The van der Waals surface area contributed by atoms with E-state index in [2.05, 4.69) is 5.10 Å². The van der Waals surface area contributed by atoms with Crippen LogP contribution in [0.15, 0.2) is 24.3 Å². The van der Waals surface area contributed by atoms with Crippen LogP contribution in [-0.2, 0) is 12.0 Å². The molecule has 0 bridgehead atoms. The van der Waals surface area contributed by atoms with Crippen molar-refractivity contribution in [2.24, 2.45) is 0 Å². The van der Waals surface area contributed by atoms with Gasteiger partial charge in [0.2, 0.25) is 0 Å². The highest BCUT2D eigenvalue weighted by Crippen LogP contribution is 2.31. The SMILES string of the molecule is CC(C)(C)c1nn(-c2ccc(F)cc2)c(Cl)c1CO. The summed E-state index contributed by atoms with van der Waals surface area (Å²) in [7, 11) is 0. The number of aromatic nitrogens is 2. The molecule has 1 heterocycles. The van der Waals surface area contributed by atoms with Crippen molar-refractivity contribution in [3.63, 3.8) is 0 Å². The maximum atomic E-state index is 12.9. The van der Waals surface area contributed by atoms with Crippen LogP contribution in [0.5, 0.6) is 0 Å². The maximum absolute atomic E-state index is 12.9. The zero-order valence-electron chi connectivity index (χ0n) is 11.1. The minimum atomic E-state index is -0.314. The predicted molar refractivity (Wildman–Crippen MR) is 73.2 cm³/mol. The molecule has 0 amide bonds. The second kappa shape index (κ2) is 4.94. The lowest BCUT2D eigenvalue weighted by Gasteiger charge is -2.16. The molecule has 0 spiro atoms. The zero-order valence-corrected chi connectivity index (χ0v) is 11.9. The summed E-state index contributed by atoms with van der Waals surface area (Å²) in [5.74, 6) is -0.314. The Hall–Kier alpha value is -1.39. The normalized spacial score (nSPS) is 11.9. The number of rotatable bonds is 2. The average Bonchev–Trinajstić information content (AvgIpc) is 2.67. The average molecular weight is 283 g/mol. The van der Waals surface area contributed by atoms with E-state index in [-0.39, 0.29) is 17.8 Å². The van der Waals surface area contributed by atoms with Crippen molar-refractivity contribution in [3.05, 3.63) is 46.5 Å². The van der Waals surface area contributed by atoms with Crippen LogP contribution in [-0.4, -0.2) is 14.9 Å². The first-order chi connectivity index (χ1) is 8.84. The van der Waals surface area contributed by atoms with Crippen molar-refractivity contribution >= 4 is 11.6 Å². The van der Waals surface area contributed by atoms with Gasteiger partial charge in [0.1, 0.15) is 11.0 Å². The molecule has 0 fully saturated rings. The number of aliphatic hydroxyl groups excluding tert-OH is 1. The molecule has 3 nitrogen and oxygen atoms in total. The van der Waals surface area contributed by atoms with Crippen LogP contribution >= 0.6 is 11.6 Å². The fraction of sp³-hybridized carbons (Fsp3) is 0.357. The quantitative estimate of drug-likeness (QED) is 0.916. The van der Waals surface area contributed by atoms with E-state index in [1.807, 2.05) is 20.8 Å². The van der Waals surface area contributed by atoms with Crippen LogP contribution in [0, 0.1) is 5.82 Å². The fourth-order valence-corrected chi connectivity index (χ4v) is 2.21. The molecule has 0 aliphatic rings. The van der Waals surface area contributed by atoms with E-state index < -0.39 is 0 Å². The minimum absolute atomic E-state index is 0.174. The molecule has 0 aliphatic carbocycles. The second-order valence-electron chi connectivity index (χ2n) is 5.41. The summed E-state index contributed by atoms with van der Waals surface area (Å²) < 4.78 is 14.5. The van der Waals surface area contributed by atoms with Crippen LogP contribution in [0.2, 0.25) is 5.15 Å². The summed E-state index contributed by atoms with van der Waals surface area (Å²) in [6, 6.07) is 5.90. The molecule has 2 aromatic rings. The van der Waals surface area contributed by atoms with Crippen molar-refractivity contribution < 1.29 is 9.50 Å². The van der Waals surface area contributed by atoms with Crippen LogP contribution in [0.1, 0.15) is 32.0 Å². The molecular weight excluding hydrogens is 267 g/mol. The van der Waals surface area contributed by atoms with E-state index in [1.165, 1.54) is 16.8 Å². The Morgan fingerprint density at radius 3 is 2.26 bits per heavy atom. The summed E-state index contributed by atoms with van der Waals surface area (Å²) >= 11 is 6.26. The van der Waals surface area contributed by atoms with Crippen molar-refractivity contribution in [3.8, 4) is 5.69 Å². The fourth-order valence-electron chi connectivity index (χ4n) is 1.93. The van der Waals surface area contributed by atoms with Gasteiger partial charge in [0.15, 0.2) is 0 Å². The van der Waals surface area contributed by atoms with Crippen molar-refractivity contribution in [1.29, 1.82) is 0 Å². The molecular formula is C14H16ClFN2O. The summed E-state index contributed by atoms with van der Waals surface area (Å²) in [6.45, 7) is 5.83. The lowest BCUT2D eigenvalue weighted by atomic mass is 9.90. The van der Waals surface area contributed by atoms with Crippen molar-refractivity contribution in [2.75, 3.05) is 0 Å². The van der Waals surface area contributed by atoms with Gasteiger partial charge in [-0.25, -0.2) is 9.07 Å². The predicted octanol–water partition coefficient (Wildman–Crippen LogP) is 3.45. The smallest absolute Gasteiger partial charge is 0.138 e. The summed E-state index contributed by atoms with van der Waals surface area (Å²) in [5, 5.41) is 14.3. The van der Waals surface area contributed by atoms with Gasteiger partial charge in [-0.15, -0.1) is 0 Å². The van der Waals surface area contributed by atoms with E-state index in [0.29, 0.717) is 16.4 Å². The van der Waals surface area contributed by atoms with Crippen LogP contribution in [0.3, 0.4) is 0 Å². The molecule has 0 aliphatic heterocycles. The van der Waals surface area contributed by atoms with E-state index in [1.54, 1.807) is 12.1 Å². The van der Waals surface area contributed by atoms with Gasteiger partial charge in [-0.3, -0.25) is 0 Å². The molecule has 1 aromatic heterocycles. The minimum Gasteiger partial charge on any atom is -0.391 e. The molecule has 0 saturated carbocycles. The molecule has 1 aromatic carbocycles. The molecule has 5 heteroatoms. The highest BCUT2D eigenvalue weighted by molar-refractivity contribution is 6.30. The van der Waals surface area contributed by atoms with Gasteiger partial charge in [-0.2, -0.15) is 5.10 Å². The summed E-state index contributed by atoms with van der Waals surface area (Å²) in [6.07, 6.45) is 0. The lowest BCUT2D eigenvalue weighted by Crippen LogP contribution is -2.14. The third-order valence-electron chi connectivity index (χ3n) is 2.86. The molecule has 19 heavy (non-hydrogen) atoms. The van der Waals surface area contributed by atoms with Gasteiger partial charge in [-0.1, -0.05) is 32.4 Å². The number of hydrogen-bond acceptors (Lipinski definition) is 2. The van der Waals surface area contributed by atoms with Gasteiger partial charge in [-0.05, 0) is 24.3 Å². The Balaban J connectivity index is 2.59. The first kappa shape index (κ1) is 14.0. The third kappa shape index (κ3) is 2.65. The van der Waals surface area contributed by atoms with Gasteiger partial charge < -0.3 is 5.11 Å². The molecule has 0 saturated heterocycles. The topological polar surface area (TPSA) is 38.0 Å². The largest absolute Gasteiger partial charge is 0.391 e. The van der Waals surface area contributed by atoms with Gasteiger partial charge in [0.05, 0.1) is 18.0 Å². The zero-order chi connectivity index (χ0) is 14.2. The maximum Gasteiger partial charge on any atom is 0.138 e. The monoisotopic (exact) mass is 282 g/mol. The van der Waals surface area contributed by atoms with Crippen LogP contribution < -0.4 is 0 Å². The highest BCUT2D eigenvalue weighted by atomic mass is 35.5. The van der Waals surface area contributed by atoms with Crippen molar-refractivity contribution in [2.45, 2.75) is 32.8 Å². The third-order valence-corrected chi connectivity index (χ3v) is 3.25. The standard InChI is InChI=1S/C14H16ClFN2O/c1-14(2,3)12-11(8-19)13(15)18(17-12)10-6-4-9(16)5-7-10/h4-7,19H,8H2,1-3H3. The number of benzene rings is 1. The number of halogens is 2. The lowest BCUT2D eigenvalue weighted by molar-refractivity contribution is 0.278. The van der Waals surface area contributed by atoms with Gasteiger partial charge in [0.25, 0.3) is 0 Å². The summed E-state index contributed by atoms with van der Waals surface area (Å²) in [4.78, 5) is 0. The Kier molecular flexibility index (Phi) is 3.65. The van der Waals surface area contributed by atoms with E-state index in [0.717, 1.165) is 5.69 Å². The number of nitrogens with zero attached hydrogens (tertiary/aromatic N) is 2. The number of hydrogen-bond donors (Lipinski definition) is 1. The Morgan fingerprint density at radius 2 is 1.84 bits per heavy atom. The first-order valence-corrected chi connectivity index (χ1v) is 6.37. The van der Waals surface area contributed by atoms with Crippen LogP contribution in [0.4, 0.5) is 4.39 Å². The Labute approximate surface area is 116 Å². The van der Waals surface area contributed by atoms with E-state index in [9.17, 15) is 9.50 Å². The van der Waals surface area contributed by atoms with E-state index >= 15 is 0 Å². The molecule has 0 atom stereocenters. The van der Waals surface area contributed by atoms with Gasteiger partial charge >= 0.3 is 0 Å². The van der Waals surface area contributed by atoms with Crippen LogP contribution in [0.25, 0.3) is 5.69 Å². The molecule has 102 valence electrons. The second-order valence-corrected chi connectivity index (χ2v) is 5.77. The van der Waals surface area contributed by atoms with E-state index in [4.69, 9.17) is 11.6 Å². The molecule has 1 N–H and O–H groups in total. The summed E-state index contributed by atoms with van der Waals surface area (Å²) in [5.41, 5.74) is 1.78. The first-order valence-electron chi connectivity index (χ1n) is 5.99. The highest BCUT2D eigenvalue weighted by Gasteiger charge is 2.26. The Morgan fingerprint density at radius 1 is 1.26 bits per heavy atom.